The van der Waals surface area contributed by atoms with E-state index in [1.807, 2.05) is 0 Å². The Labute approximate surface area is 79.9 Å². The summed E-state index contributed by atoms with van der Waals surface area (Å²) in [5.74, 6) is 0.758. The summed E-state index contributed by atoms with van der Waals surface area (Å²) < 4.78 is 2.38. The van der Waals surface area contributed by atoms with Crippen molar-refractivity contribution in [1.82, 2.24) is 9.88 Å². The van der Waals surface area contributed by atoms with Gasteiger partial charge in [-0.1, -0.05) is 13.8 Å². The third-order valence-electron chi connectivity index (χ3n) is 2.62. The van der Waals surface area contributed by atoms with Crippen molar-refractivity contribution in [2.75, 3.05) is 6.54 Å². The zero-order valence-electron chi connectivity index (χ0n) is 8.51. The normalized spacial score (nSPS) is 16.2. The maximum absolute atomic E-state index is 3.42. The van der Waals surface area contributed by atoms with Crippen LogP contribution in [0.25, 0.3) is 0 Å². The maximum atomic E-state index is 3.42. The zero-order chi connectivity index (χ0) is 9.26. The second-order valence-corrected chi connectivity index (χ2v) is 4.26. The van der Waals surface area contributed by atoms with Crippen LogP contribution in [-0.2, 0) is 19.5 Å². The van der Waals surface area contributed by atoms with Crippen LogP contribution in [0.15, 0.2) is 12.3 Å². The molecule has 13 heavy (non-hydrogen) atoms. The second kappa shape index (κ2) is 3.54. The van der Waals surface area contributed by atoms with Gasteiger partial charge in [-0.2, -0.15) is 0 Å². The monoisotopic (exact) mass is 178 g/mol. The largest absolute Gasteiger partial charge is 0.349 e. The first-order chi connectivity index (χ1) is 6.27. The first-order valence-electron chi connectivity index (χ1n) is 5.15. The third-order valence-corrected chi connectivity index (χ3v) is 2.62. The molecule has 1 N–H and O–H groups in total. The minimum Gasteiger partial charge on any atom is -0.349 e. The molecule has 1 aliphatic heterocycles. The average Bonchev–Trinajstić information content (AvgIpc) is 2.48. The number of aromatic nitrogens is 1. The van der Waals surface area contributed by atoms with Gasteiger partial charge in [0, 0.05) is 31.5 Å². The molecule has 0 aliphatic carbocycles. The molecule has 1 aromatic heterocycles. The number of fused-ring (bicyclic) bond motifs is 1. The lowest BCUT2D eigenvalue weighted by Gasteiger charge is -2.18. The molecule has 0 saturated carbocycles. The summed E-state index contributed by atoms with van der Waals surface area (Å²) >= 11 is 0. The lowest BCUT2D eigenvalue weighted by molar-refractivity contribution is 0.508. The van der Waals surface area contributed by atoms with E-state index in [-0.39, 0.29) is 0 Å². The molecule has 0 spiro atoms. The SMILES string of the molecule is CC(C)Cc1ccn2c1CNCC2. The van der Waals surface area contributed by atoms with Crippen molar-refractivity contribution >= 4 is 0 Å². The molecule has 2 nitrogen and oxygen atoms in total. The fourth-order valence-electron chi connectivity index (χ4n) is 2.01. The van der Waals surface area contributed by atoms with Gasteiger partial charge in [0.1, 0.15) is 0 Å². The Morgan fingerprint density at radius 1 is 1.54 bits per heavy atom. The molecule has 0 radical (unpaired) electrons. The average molecular weight is 178 g/mol. The fraction of sp³-hybridized carbons (Fsp3) is 0.636. The van der Waals surface area contributed by atoms with E-state index in [2.05, 4.69) is 36.0 Å². The lowest BCUT2D eigenvalue weighted by atomic mass is 10.0. The molecule has 0 fully saturated rings. The topological polar surface area (TPSA) is 17.0 Å². The van der Waals surface area contributed by atoms with Crippen LogP contribution in [-0.4, -0.2) is 11.1 Å². The van der Waals surface area contributed by atoms with E-state index in [1.165, 1.54) is 17.7 Å². The summed E-state index contributed by atoms with van der Waals surface area (Å²) in [6.45, 7) is 7.85. The van der Waals surface area contributed by atoms with Gasteiger partial charge >= 0.3 is 0 Å². The Hall–Kier alpha value is -0.760. The van der Waals surface area contributed by atoms with E-state index >= 15 is 0 Å². The van der Waals surface area contributed by atoms with E-state index < -0.39 is 0 Å². The van der Waals surface area contributed by atoms with E-state index in [9.17, 15) is 0 Å². The zero-order valence-corrected chi connectivity index (χ0v) is 8.51. The van der Waals surface area contributed by atoms with Crippen LogP contribution in [0.2, 0.25) is 0 Å². The maximum Gasteiger partial charge on any atom is 0.0362 e. The summed E-state index contributed by atoms with van der Waals surface area (Å²) in [7, 11) is 0. The number of hydrogen-bond acceptors (Lipinski definition) is 1. The van der Waals surface area contributed by atoms with Crippen LogP contribution in [0.1, 0.15) is 25.1 Å². The molecule has 2 rings (SSSR count). The highest BCUT2D eigenvalue weighted by molar-refractivity contribution is 5.24. The first-order valence-corrected chi connectivity index (χ1v) is 5.15. The third kappa shape index (κ3) is 1.78. The molecule has 1 aromatic rings. The Kier molecular flexibility index (Phi) is 2.40. The molecule has 0 amide bonds. The highest BCUT2D eigenvalue weighted by atomic mass is 15.1. The Bertz CT molecular complexity index is 286. The first kappa shape index (κ1) is 8.82. The van der Waals surface area contributed by atoms with Gasteiger partial charge in [0.2, 0.25) is 0 Å². The number of nitrogens with one attached hydrogen (secondary N) is 1. The minimum atomic E-state index is 0.758. The second-order valence-electron chi connectivity index (χ2n) is 4.26. The van der Waals surface area contributed by atoms with Gasteiger partial charge in [-0.3, -0.25) is 0 Å². The molecule has 0 unspecified atom stereocenters. The minimum absolute atomic E-state index is 0.758. The molecule has 0 aromatic carbocycles. The van der Waals surface area contributed by atoms with E-state index in [0.717, 1.165) is 25.6 Å². The van der Waals surface area contributed by atoms with Crippen LogP contribution in [0.4, 0.5) is 0 Å². The summed E-state index contributed by atoms with van der Waals surface area (Å²) in [6, 6.07) is 2.28. The number of nitrogens with zero attached hydrogens (tertiary/aromatic N) is 1. The lowest BCUT2D eigenvalue weighted by Crippen LogP contribution is -2.28. The molecule has 1 aliphatic rings. The summed E-state index contributed by atoms with van der Waals surface area (Å²) in [5.41, 5.74) is 3.03. The van der Waals surface area contributed by atoms with Crippen LogP contribution >= 0.6 is 0 Å². The Balaban J connectivity index is 2.21. The quantitative estimate of drug-likeness (QED) is 0.730. The van der Waals surface area contributed by atoms with Crippen molar-refractivity contribution in [3.63, 3.8) is 0 Å². The summed E-state index contributed by atoms with van der Waals surface area (Å²) in [4.78, 5) is 0. The van der Waals surface area contributed by atoms with Gasteiger partial charge in [0.25, 0.3) is 0 Å². The van der Waals surface area contributed by atoms with Crippen LogP contribution in [0, 0.1) is 5.92 Å². The van der Waals surface area contributed by atoms with Crippen molar-refractivity contribution in [2.24, 2.45) is 5.92 Å². The smallest absolute Gasteiger partial charge is 0.0362 e. The van der Waals surface area contributed by atoms with Crippen molar-refractivity contribution in [2.45, 2.75) is 33.4 Å². The van der Waals surface area contributed by atoms with Gasteiger partial charge in [0.15, 0.2) is 0 Å². The van der Waals surface area contributed by atoms with Gasteiger partial charge < -0.3 is 9.88 Å². The molecule has 72 valence electrons. The molecule has 2 heteroatoms. The van der Waals surface area contributed by atoms with Crippen LogP contribution in [0.5, 0.6) is 0 Å². The molecule has 0 atom stereocenters. The molecular formula is C11H18N2. The molecule has 2 heterocycles. The van der Waals surface area contributed by atoms with Gasteiger partial charge in [-0.05, 0) is 24.0 Å². The molecule has 0 saturated heterocycles. The summed E-state index contributed by atoms with van der Waals surface area (Å²) in [6.07, 6.45) is 3.44. The van der Waals surface area contributed by atoms with Gasteiger partial charge in [0.05, 0.1) is 0 Å². The number of rotatable bonds is 2. The number of hydrogen-bond donors (Lipinski definition) is 1. The van der Waals surface area contributed by atoms with Gasteiger partial charge in [-0.15, -0.1) is 0 Å². The fourth-order valence-corrected chi connectivity index (χ4v) is 2.01. The molecule has 0 bridgehead atoms. The van der Waals surface area contributed by atoms with Crippen molar-refractivity contribution < 1.29 is 0 Å². The Morgan fingerprint density at radius 3 is 3.15 bits per heavy atom. The van der Waals surface area contributed by atoms with Crippen molar-refractivity contribution in [3.05, 3.63) is 23.5 Å². The van der Waals surface area contributed by atoms with Gasteiger partial charge in [-0.25, -0.2) is 0 Å². The standard InChI is InChI=1S/C11H18N2/c1-9(2)7-10-3-5-13-6-4-12-8-11(10)13/h3,5,9,12H,4,6-8H2,1-2H3. The molecular weight excluding hydrogens is 160 g/mol. The van der Waals surface area contributed by atoms with E-state index in [0.29, 0.717) is 0 Å². The van der Waals surface area contributed by atoms with Crippen LogP contribution in [0.3, 0.4) is 0 Å². The van der Waals surface area contributed by atoms with E-state index in [4.69, 9.17) is 0 Å². The highest BCUT2D eigenvalue weighted by Crippen LogP contribution is 2.17. The highest BCUT2D eigenvalue weighted by Gasteiger charge is 2.12. The summed E-state index contributed by atoms with van der Waals surface area (Å²) in [5, 5.41) is 3.42. The van der Waals surface area contributed by atoms with E-state index in [1.54, 1.807) is 0 Å². The predicted octanol–water partition coefficient (Wildman–Crippen LogP) is 1.79. The van der Waals surface area contributed by atoms with Crippen molar-refractivity contribution in [3.8, 4) is 0 Å². The van der Waals surface area contributed by atoms with Crippen molar-refractivity contribution in [1.29, 1.82) is 0 Å². The predicted molar refractivity (Wildman–Crippen MR) is 54.7 cm³/mol. The van der Waals surface area contributed by atoms with Crippen LogP contribution < -0.4 is 5.32 Å². The Morgan fingerprint density at radius 2 is 2.38 bits per heavy atom.